The molecule has 0 radical (unpaired) electrons. The van der Waals surface area contributed by atoms with Gasteiger partial charge in [-0.3, -0.25) is 14.7 Å². The SMILES string of the molecule is Cn1cc(-c2ccccn2)c2sc(CN3CCN(S(C)(=O)=O)CC3)cc2c1=O. The van der Waals surface area contributed by atoms with Gasteiger partial charge in [-0.2, -0.15) is 4.31 Å². The minimum atomic E-state index is -3.13. The summed E-state index contributed by atoms with van der Waals surface area (Å²) in [5.74, 6) is 0. The van der Waals surface area contributed by atoms with Crippen LogP contribution in [0, 0.1) is 0 Å². The van der Waals surface area contributed by atoms with E-state index in [4.69, 9.17) is 0 Å². The molecule has 0 aromatic carbocycles. The van der Waals surface area contributed by atoms with E-state index >= 15 is 0 Å². The number of aryl methyl sites for hydroxylation is 1. The average Bonchev–Trinajstić information content (AvgIpc) is 3.09. The fourth-order valence-electron chi connectivity index (χ4n) is 3.52. The van der Waals surface area contributed by atoms with Crippen LogP contribution in [0.2, 0.25) is 0 Å². The Hall–Kier alpha value is -2.07. The van der Waals surface area contributed by atoms with Crippen molar-refractivity contribution in [1.29, 1.82) is 0 Å². The van der Waals surface area contributed by atoms with Crippen LogP contribution in [0.1, 0.15) is 4.88 Å². The maximum atomic E-state index is 12.6. The van der Waals surface area contributed by atoms with Gasteiger partial charge < -0.3 is 4.57 Å². The molecule has 0 N–H and O–H groups in total. The van der Waals surface area contributed by atoms with Crippen molar-refractivity contribution in [3.05, 3.63) is 51.9 Å². The number of hydrogen-bond donors (Lipinski definition) is 0. The monoisotopic (exact) mass is 418 g/mol. The first-order chi connectivity index (χ1) is 13.3. The third-order valence-electron chi connectivity index (χ3n) is 5.02. The quantitative estimate of drug-likeness (QED) is 0.645. The fraction of sp³-hybridized carbons (Fsp3) is 0.368. The summed E-state index contributed by atoms with van der Waals surface area (Å²) >= 11 is 1.61. The molecular weight excluding hydrogens is 396 g/mol. The zero-order valence-electron chi connectivity index (χ0n) is 15.8. The van der Waals surface area contributed by atoms with Crippen molar-refractivity contribution >= 4 is 31.4 Å². The Kier molecular flexibility index (Phi) is 5.09. The highest BCUT2D eigenvalue weighted by molar-refractivity contribution is 7.88. The molecule has 0 aliphatic carbocycles. The maximum absolute atomic E-state index is 12.6. The molecule has 7 nitrogen and oxygen atoms in total. The number of sulfonamides is 1. The highest BCUT2D eigenvalue weighted by atomic mass is 32.2. The van der Waals surface area contributed by atoms with Crippen LogP contribution in [0.4, 0.5) is 0 Å². The Labute approximate surface area is 167 Å². The van der Waals surface area contributed by atoms with E-state index in [9.17, 15) is 13.2 Å². The van der Waals surface area contributed by atoms with Gasteiger partial charge in [-0.25, -0.2) is 8.42 Å². The summed E-state index contributed by atoms with van der Waals surface area (Å²) in [6.07, 6.45) is 4.85. The lowest BCUT2D eigenvalue weighted by Crippen LogP contribution is -2.47. The molecule has 1 aliphatic rings. The maximum Gasteiger partial charge on any atom is 0.259 e. The number of aromatic nitrogens is 2. The van der Waals surface area contributed by atoms with E-state index in [1.54, 1.807) is 29.1 Å². The van der Waals surface area contributed by atoms with Gasteiger partial charge in [-0.15, -0.1) is 11.3 Å². The lowest BCUT2D eigenvalue weighted by atomic mass is 10.1. The normalized spacial score (nSPS) is 16.6. The van der Waals surface area contributed by atoms with Gasteiger partial charge in [0.05, 0.1) is 22.0 Å². The van der Waals surface area contributed by atoms with Crippen LogP contribution >= 0.6 is 11.3 Å². The summed E-state index contributed by atoms with van der Waals surface area (Å²) < 4.78 is 27.4. The van der Waals surface area contributed by atoms with Crippen molar-refractivity contribution in [3.8, 4) is 11.3 Å². The van der Waals surface area contributed by atoms with Crippen LogP contribution in [0.5, 0.6) is 0 Å². The fourth-order valence-corrected chi connectivity index (χ4v) is 5.56. The molecule has 3 aromatic rings. The number of rotatable bonds is 4. The predicted molar refractivity (Wildman–Crippen MR) is 112 cm³/mol. The van der Waals surface area contributed by atoms with Crippen molar-refractivity contribution < 1.29 is 8.42 Å². The van der Waals surface area contributed by atoms with Crippen molar-refractivity contribution in [2.75, 3.05) is 32.4 Å². The zero-order valence-corrected chi connectivity index (χ0v) is 17.5. The van der Waals surface area contributed by atoms with Gasteiger partial charge >= 0.3 is 0 Å². The van der Waals surface area contributed by atoms with Crippen LogP contribution < -0.4 is 5.56 Å². The number of nitrogens with zero attached hydrogens (tertiary/aromatic N) is 4. The van der Waals surface area contributed by atoms with Crippen LogP contribution in [0.15, 0.2) is 41.5 Å². The first-order valence-electron chi connectivity index (χ1n) is 9.04. The van der Waals surface area contributed by atoms with E-state index in [1.165, 1.54) is 10.6 Å². The lowest BCUT2D eigenvalue weighted by Gasteiger charge is -2.32. The summed E-state index contributed by atoms with van der Waals surface area (Å²) in [4.78, 5) is 20.4. The Balaban J connectivity index is 1.64. The summed E-state index contributed by atoms with van der Waals surface area (Å²) in [5, 5.41) is 0.709. The zero-order chi connectivity index (χ0) is 19.9. The van der Waals surface area contributed by atoms with Gasteiger partial charge in [0, 0.05) is 62.6 Å². The molecule has 1 aliphatic heterocycles. The Morgan fingerprint density at radius 1 is 1.18 bits per heavy atom. The van der Waals surface area contributed by atoms with Gasteiger partial charge in [0.15, 0.2) is 0 Å². The van der Waals surface area contributed by atoms with Crippen LogP contribution in [-0.4, -0.2) is 59.6 Å². The summed E-state index contributed by atoms with van der Waals surface area (Å²) in [6, 6.07) is 7.73. The molecule has 1 saturated heterocycles. The Morgan fingerprint density at radius 2 is 1.93 bits per heavy atom. The standard InChI is InChI=1S/C19H22N4O3S2/c1-21-13-16(17-5-3-4-6-20-17)18-15(19(21)24)11-14(27-18)12-22-7-9-23(10-8-22)28(2,25)26/h3-6,11,13H,7-10,12H2,1-2H3. The molecule has 0 bridgehead atoms. The largest absolute Gasteiger partial charge is 0.317 e. The molecule has 1 fully saturated rings. The predicted octanol–water partition coefficient (Wildman–Crippen LogP) is 1.74. The molecule has 0 amide bonds. The van der Waals surface area contributed by atoms with Crippen molar-refractivity contribution in [2.24, 2.45) is 7.05 Å². The van der Waals surface area contributed by atoms with E-state index < -0.39 is 10.0 Å². The van der Waals surface area contributed by atoms with Crippen LogP contribution in [0.3, 0.4) is 0 Å². The first kappa shape index (κ1) is 19.3. The molecule has 0 atom stereocenters. The molecule has 9 heteroatoms. The molecule has 148 valence electrons. The van der Waals surface area contributed by atoms with Crippen LogP contribution in [-0.2, 0) is 23.6 Å². The number of fused-ring (bicyclic) bond motifs is 1. The Morgan fingerprint density at radius 3 is 2.57 bits per heavy atom. The van der Waals surface area contributed by atoms with E-state index in [1.807, 2.05) is 30.5 Å². The molecule has 4 rings (SSSR count). The molecule has 28 heavy (non-hydrogen) atoms. The minimum Gasteiger partial charge on any atom is -0.317 e. The molecule has 0 spiro atoms. The summed E-state index contributed by atoms with van der Waals surface area (Å²) in [6.45, 7) is 3.09. The Bertz CT molecular complexity index is 1160. The molecule has 0 saturated carbocycles. The lowest BCUT2D eigenvalue weighted by molar-refractivity contribution is 0.183. The molecule has 4 heterocycles. The first-order valence-corrected chi connectivity index (χ1v) is 11.7. The smallest absolute Gasteiger partial charge is 0.259 e. The molecule has 3 aromatic heterocycles. The summed E-state index contributed by atoms with van der Waals surface area (Å²) in [7, 11) is -1.37. The van der Waals surface area contributed by atoms with Crippen molar-refractivity contribution in [1.82, 2.24) is 18.8 Å². The number of hydrogen-bond acceptors (Lipinski definition) is 6. The van der Waals surface area contributed by atoms with E-state index in [0.29, 0.717) is 38.1 Å². The third kappa shape index (κ3) is 3.75. The highest BCUT2D eigenvalue weighted by Crippen LogP contribution is 2.32. The number of thiophene rings is 1. The minimum absolute atomic E-state index is 0.0147. The van der Waals surface area contributed by atoms with E-state index in [0.717, 1.165) is 20.8 Å². The highest BCUT2D eigenvalue weighted by Gasteiger charge is 2.24. The van der Waals surface area contributed by atoms with Gasteiger partial charge in [0.1, 0.15) is 0 Å². The molecular formula is C19H22N4O3S2. The van der Waals surface area contributed by atoms with Crippen molar-refractivity contribution in [2.45, 2.75) is 6.54 Å². The van der Waals surface area contributed by atoms with Crippen LogP contribution in [0.25, 0.3) is 21.3 Å². The number of pyridine rings is 2. The third-order valence-corrected chi connectivity index (χ3v) is 7.48. The second kappa shape index (κ2) is 7.40. The number of piperazine rings is 1. The van der Waals surface area contributed by atoms with E-state index in [-0.39, 0.29) is 5.56 Å². The van der Waals surface area contributed by atoms with Gasteiger partial charge in [-0.05, 0) is 18.2 Å². The van der Waals surface area contributed by atoms with Gasteiger partial charge in [0.25, 0.3) is 5.56 Å². The summed E-state index contributed by atoms with van der Waals surface area (Å²) in [5.41, 5.74) is 1.79. The second-order valence-electron chi connectivity index (χ2n) is 7.07. The van der Waals surface area contributed by atoms with Gasteiger partial charge in [0.2, 0.25) is 10.0 Å². The molecule has 0 unspecified atom stereocenters. The van der Waals surface area contributed by atoms with E-state index in [2.05, 4.69) is 9.88 Å². The van der Waals surface area contributed by atoms with Crippen molar-refractivity contribution in [3.63, 3.8) is 0 Å². The average molecular weight is 419 g/mol. The topological polar surface area (TPSA) is 75.5 Å². The second-order valence-corrected chi connectivity index (χ2v) is 10.2. The van der Waals surface area contributed by atoms with Gasteiger partial charge in [-0.1, -0.05) is 6.07 Å².